The second kappa shape index (κ2) is 9.74. The number of amides is 2. The molecule has 194 valence electrons. The number of aryl methyl sites for hydroxylation is 1. The number of nitrogens with zero attached hydrogens (tertiary/aromatic N) is 4. The van der Waals surface area contributed by atoms with Gasteiger partial charge >= 0.3 is 6.18 Å². The van der Waals surface area contributed by atoms with Crippen LogP contribution in [-0.4, -0.2) is 41.5 Å². The van der Waals surface area contributed by atoms with Crippen LogP contribution in [0.25, 0.3) is 0 Å². The molecular formula is C26H24F4N4O2S. The quantitative estimate of drug-likeness (QED) is 0.379. The molecule has 0 radical (unpaired) electrons. The van der Waals surface area contributed by atoms with Gasteiger partial charge in [-0.25, -0.2) is 4.39 Å². The van der Waals surface area contributed by atoms with Gasteiger partial charge in [-0.3, -0.25) is 14.5 Å². The number of hydrogen-bond donors (Lipinski definition) is 0. The first-order valence-corrected chi connectivity index (χ1v) is 12.1. The molecule has 2 aromatic rings. The molecule has 2 fully saturated rings. The summed E-state index contributed by atoms with van der Waals surface area (Å²) >= 11 is 5.57. The van der Waals surface area contributed by atoms with Gasteiger partial charge in [0.25, 0.3) is 5.91 Å². The van der Waals surface area contributed by atoms with Crippen LogP contribution in [0.3, 0.4) is 0 Å². The average molecular weight is 533 g/mol. The summed E-state index contributed by atoms with van der Waals surface area (Å²) in [6, 6.07) is 9.03. The zero-order chi connectivity index (χ0) is 27.1. The Labute approximate surface area is 217 Å². The topological polar surface area (TPSA) is 67.7 Å². The van der Waals surface area contributed by atoms with Gasteiger partial charge in [0.15, 0.2) is 5.11 Å². The highest BCUT2D eigenvalue weighted by Gasteiger charge is 2.59. The molecule has 1 heterocycles. The molecule has 0 N–H and O–H groups in total. The maximum absolute atomic E-state index is 15.1. The Kier molecular flexibility index (Phi) is 6.99. The van der Waals surface area contributed by atoms with Crippen molar-refractivity contribution in [1.82, 2.24) is 4.90 Å². The van der Waals surface area contributed by atoms with Gasteiger partial charge in [0.1, 0.15) is 11.4 Å². The molecule has 6 nitrogen and oxygen atoms in total. The number of carbonyl (C=O) groups is 2. The van der Waals surface area contributed by atoms with Gasteiger partial charge in [-0.2, -0.15) is 18.4 Å². The molecule has 1 spiro atoms. The molecule has 0 aromatic heterocycles. The lowest BCUT2D eigenvalue weighted by Crippen LogP contribution is -2.55. The van der Waals surface area contributed by atoms with Crippen molar-refractivity contribution in [1.29, 1.82) is 5.26 Å². The summed E-state index contributed by atoms with van der Waals surface area (Å²) in [4.78, 5) is 29.4. The minimum absolute atomic E-state index is 0.0498. The summed E-state index contributed by atoms with van der Waals surface area (Å²) < 4.78 is 55.7. The Morgan fingerprint density at radius 3 is 2.38 bits per heavy atom. The Balaban J connectivity index is 1.65. The maximum atomic E-state index is 15.1. The molecule has 37 heavy (non-hydrogen) atoms. The molecule has 1 saturated carbocycles. The van der Waals surface area contributed by atoms with E-state index in [2.05, 4.69) is 0 Å². The van der Waals surface area contributed by atoms with Crippen LogP contribution in [0.5, 0.6) is 0 Å². The summed E-state index contributed by atoms with van der Waals surface area (Å²) in [5, 5.41) is 9.05. The SMILES string of the molecule is CN(C)C(=O)CCCc1ccc(N2C(=S)N(c3ccc(C#N)c(C(F)(F)F)c3)C(=O)C23CCC3)cc1F. The van der Waals surface area contributed by atoms with Crippen LogP contribution in [0.4, 0.5) is 28.9 Å². The van der Waals surface area contributed by atoms with E-state index in [4.69, 9.17) is 17.5 Å². The first-order valence-electron chi connectivity index (χ1n) is 11.7. The summed E-state index contributed by atoms with van der Waals surface area (Å²) in [7, 11) is 3.30. The second-order valence-corrected chi connectivity index (χ2v) is 9.77. The van der Waals surface area contributed by atoms with Gasteiger partial charge in [0, 0.05) is 26.2 Å². The van der Waals surface area contributed by atoms with Gasteiger partial charge in [-0.1, -0.05) is 6.07 Å². The van der Waals surface area contributed by atoms with Crippen molar-refractivity contribution in [2.24, 2.45) is 0 Å². The van der Waals surface area contributed by atoms with Crippen molar-refractivity contribution in [3.05, 3.63) is 58.9 Å². The second-order valence-electron chi connectivity index (χ2n) is 9.40. The molecular weight excluding hydrogens is 508 g/mol. The first-order chi connectivity index (χ1) is 17.4. The highest BCUT2D eigenvalue weighted by molar-refractivity contribution is 7.81. The van der Waals surface area contributed by atoms with Crippen LogP contribution in [-0.2, 0) is 22.2 Å². The fraction of sp³-hybridized carbons (Fsp3) is 0.385. The Hall–Kier alpha value is -3.52. The maximum Gasteiger partial charge on any atom is 0.417 e. The molecule has 0 atom stereocenters. The zero-order valence-corrected chi connectivity index (χ0v) is 21.0. The van der Waals surface area contributed by atoms with Gasteiger partial charge in [-0.05, 0) is 80.2 Å². The lowest BCUT2D eigenvalue weighted by Gasteiger charge is -2.43. The van der Waals surface area contributed by atoms with E-state index in [1.807, 2.05) is 0 Å². The third-order valence-corrected chi connectivity index (χ3v) is 7.28. The standard InChI is InChI=1S/C26H24F4N4O2S/c1-32(2)22(35)6-3-5-16-7-10-19(14-21(16)27)34-24(37)33(23(36)25(34)11-4-12-25)18-9-8-17(15-31)20(13-18)26(28,29)30/h7-10,13-14H,3-6,11-12H2,1-2H3. The molecule has 1 saturated heterocycles. The van der Waals surface area contributed by atoms with E-state index in [-0.39, 0.29) is 23.1 Å². The lowest BCUT2D eigenvalue weighted by molar-refractivity contribution is -0.137. The summed E-state index contributed by atoms with van der Waals surface area (Å²) in [6.45, 7) is 0. The smallest absolute Gasteiger partial charge is 0.349 e. The number of thiocarbonyl (C=S) groups is 1. The van der Waals surface area contributed by atoms with Gasteiger partial charge in [0.05, 0.1) is 22.9 Å². The van der Waals surface area contributed by atoms with Gasteiger partial charge in [0.2, 0.25) is 5.91 Å². The van der Waals surface area contributed by atoms with Crippen LogP contribution in [0.1, 0.15) is 48.8 Å². The summed E-state index contributed by atoms with van der Waals surface area (Å²) in [6.07, 6.45) is -2.16. The number of nitriles is 1. The molecule has 0 bridgehead atoms. The Morgan fingerprint density at radius 2 is 1.84 bits per heavy atom. The monoisotopic (exact) mass is 532 g/mol. The predicted octanol–water partition coefficient (Wildman–Crippen LogP) is 5.19. The van der Waals surface area contributed by atoms with Crippen LogP contribution in [0.15, 0.2) is 36.4 Å². The minimum atomic E-state index is -4.80. The number of hydrogen-bond acceptors (Lipinski definition) is 4. The van der Waals surface area contributed by atoms with E-state index < -0.39 is 34.6 Å². The number of benzene rings is 2. The Bertz CT molecular complexity index is 1310. The number of rotatable bonds is 6. The van der Waals surface area contributed by atoms with E-state index in [1.54, 1.807) is 26.2 Å². The molecule has 1 aliphatic carbocycles. The first kappa shape index (κ1) is 26.5. The van der Waals surface area contributed by atoms with E-state index in [1.165, 1.54) is 28.0 Å². The highest BCUT2D eigenvalue weighted by atomic mass is 32.1. The fourth-order valence-electron chi connectivity index (χ4n) is 4.74. The number of carbonyl (C=O) groups excluding carboxylic acids is 2. The van der Waals surface area contributed by atoms with E-state index >= 15 is 4.39 Å². The van der Waals surface area contributed by atoms with Crippen LogP contribution >= 0.6 is 12.2 Å². The fourth-order valence-corrected chi connectivity index (χ4v) is 5.21. The van der Waals surface area contributed by atoms with Crippen molar-refractivity contribution in [2.45, 2.75) is 50.2 Å². The molecule has 1 aliphatic heterocycles. The van der Waals surface area contributed by atoms with Crippen molar-refractivity contribution in [3.8, 4) is 6.07 Å². The largest absolute Gasteiger partial charge is 0.417 e. The molecule has 11 heteroatoms. The predicted molar refractivity (Wildman–Crippen MR) is 133 cm³/mol. The normalized spacial score (nSPS) is 16.7. The van der Waals surface area contributed by atoms with Gasteiger partial charge in [-0.15, -0.1) is 0 Å². The molecule has 2 aliphatic rings. The summed E-state index contributed by atoms with van der Waals surface area (Å²) in [5.41, 5.74) is -2.18. The summed E-state index contributed by atoms with van der Waals surface area (Å²) in [5.74, 6) is -1.05. The van der Waals surface area contributed by atoms with E-state index in [0.717, 1.165) is 17.0 Å². The van der Waals surface area contributed by atoms with Crippen molar-refractivity contribution in [2.75, 3.05) is 23.9 Å². The van der Waals surface area contributed by atoms with Crippen LogP contribution in [0, 0.1) is 17.1 Å². The van der Waals surface area contributed by atoms with Gasteiger partial charge < -0.3 is 9.80 Å². The third kappa shape index (κ3) is 4.66. The number of alkyl halides is 3. The average Bonchev–Trinajstić information content (AvgIpc) is 3.05. The Morgan fingerprint density at radius 1 is 1.16 bits per heavy atom. The van der Waals surface area contributed by atoms with Crippen LogP contribution < -0.4 is 9.80 Å². The number of anilines is 2. The van der Waals surface area contributed by atoms with E-state index in [0.29, 0.717) is 43.4 Å². The molecule has 2 aromatic carbocycles. The molecule has 4 rings (SSSR count). The number of halogens is 4. The van der Waals surface area contributed by atoms with Crippen molar-refractivity contribution < 1.29 is 27.2 Å². The minimum Gasteiger partial charge on any atom is -0.349 e. The highest BCUT2D eigenvalue weighted by Crippen LogP contribution is 2.48. The molecule has 0 unspecified atom stereocenters. The van der Waals surface area contributed by atoms with Crippen LogP contribution in [0.2, 0.25) is 0 Å². The van der Waals surface area contributed by atoms with E-state index in [9.17, 15) is 22.8 Å². The lowest BCUT2D eigenvalue weighted by atomic mass is 9.75. The molecule has 2 amide bonds. The zero-order valence-electron chi connectivity index (χ0n) is 20.2. The van der Waals surface area contributed by atoms with Crippen molar-refractivity contribution in [3.63, 3.8) is 0 Å². The van der Waals surface area contributed by atoms with Crippen molar-refractivity contribution >= 4 is 40.5 Å². The third-order valence-electron chi connectivity index (χ3n) is 6.91.